The lowest BCUT2D eigenvalue weighted by Gasteiger charge is -2.22. The van der Waals surface area contributed by atoms with Crippen molar-refractivity contribution in [3.8, 4) is 6.07 Å². The van der Waals surface area contributed by atoms with Gasteiger partial charge in [0.2, 0.25) is 11.8 Å². The van der Waals surface area contributed by atoms with E-state index in [2.05, 4.69) is 16.7 Å². The summed E-state index contributed by atoms with van der Waals surface area (Å²) in [6.07, 6.45) is 0.977. The van der Waals surface area contributed by atoms with Crippen molar-refractivity contribution >= 4 is 17.5 Å². The number of piperidine rings is 1. The van der Waals surface area contributed by atoms with E-state index < -0.39 is 5.41 Å². The van der Waals surface area contributed by atoms with Crippen LogP contribution in [0.5, 0.6) is 0 Å². The summed E-state index contributed by atoms with van der Waals surface area (Å²) in [5, 5.41) is 14.6. The lowest BCUT2D eigenvalue weighted by molar-refractivity contribution is -0.126. The Balaban J connectivity index is 1.99. The first-order chi connectivity index (χ1) is 9.92. The number of nitrogens with zero attached hydrogens (tertiary/aromatic N) is 1. The van der Waals surface area contributed by atoms with Crippen molar-refractivity contribution in [3.63, 3.8) is 0 Å². The molecule has 0 saturated carbocycles. The highest BCUT2D eigenvalue weighted by Gasteiger charge is 2.24. The summed E-state index contributed by atoms with van der Waals surface area (Å²) in [4.78, 5) is 23.2. The maximum atomic E-state index is 12.1. The Kier molecular flexibility index (Phi) is 4.27. The normalized spacial score (nSPS) is 18.5. The van der Waals surface area contributed by atoms with Gasteiger partial charge >= 0.3 is 0 Å². The maximum Gasteiger partial charge on any atom is 0.229 e. The molecule has 2 N–H and O–H groups in total. The Labute approximate surface area is 124 Å². The van der Waals surface area contributed by atoms with Gasteiger partial charge in [-0.25, -0.2) is 0 Å². The van der Waals surface area contributed by atoms with E-state index in [-0.39, 0.29) is 17.7 Å². The first-order valence-electron chi connectivity index (χ1n) is 7.02. The van der Waals surface area contributed by atoms with Crippen LogP contribution in [0.1, 0.15) is 32.3 Å². The molecule has 1 unspecified atom stereocenters. The second-order valence-corrected chi connectivity index (χ2v) is 5.84. The lowest BCUT2D eigenvalue weighted by atomic mass is 9.86. The number of nitrogens with one attached hydrogen (secondary N) is 2. The molecule has 0 aliphatic carbocycles. The molecular formula is C16H19N3O2. The summed E-state index contributed by atoms with van der Waals surface area (Å²) in [6, 6.07) is 9.54. The number of nitriles is 1. The van der Waals surface area contributed by atoms with E-state index >= 15 is 0 Å². The summed E-state index contributed by atoms with van der Waals surface area (Å²) >= 11 is 0. The molecule has 0 aromatic heterocycles. The minimum absolute atomic E-state index is 0.00198. The summed E-state index contributed by atoms with van der Waals surface area (Å²) in [5.74, 6) is -0.262. The Morgan fingerprint density at radius 3 is 2.57 bits per heavy atom. The number of anilines is 1. The Morgan fingerprint density at radius 1 is 1.38 bits per heavy atom. The molecule has 0 radical (unpaired) electrons. The molecular weight excluding hydrogens is 266 g/mol. The van der Waals surface area contributed by atoms with Crippen molar-refractivity contribution in [2.24, 2.45) is 5.92 Å². The highest BCUT2D eigenvalue weighted by Crippen LogP contribution is 2.24. The van der Waals surface area contributed by atoms with E-state index in [0.717, 1.165) is 5.56 Å². The molecule has 0 bridgehead atoms. The van der Waals surface area contributed by atoms with Crippen molar-refractivity contribution in [1.82, 2.24) is 5.32 Å². The minimum atomic E-state index is -0.545. The van der Waals surface area contributed by atoms with Gasteiger partial charge in [0.25, 0.3) is 0 Å². The molecule has 0 spiro atoms. The third kappa shape index (κ3) is 3.60. The first-order valence-corrected chi connectivity index (χ1v) is 7.02. The molecule has 1 atom stereocenters. The number of carbonyl (C=O) groups is 2. The Hall–Kier alpha value is -2.35. The van der Waals surface area contributed by atoms with Gasteiger partial charge in [-0.15, -0.1) is 0 Å². The molecule has 1 aromatic rings. The monoisotopic (exact) mass is 285 g/mol. The molecule has 1 aromatic carbocycles. The lowest BCUT2D eigenvalue weighted by Crippen LogP contribution is -2.40. The molecule has 2 rings (SSSR count). The summed E-state index contributed by atoms with van der Waals surface area (Å²) in [6.45, 7) is 4.10. The fourth-order valence-corrected chi connectivity index (χ4v) is 2.24. The topological polar surface area (TPSA) is 82.0 Å². The molecule has 5 heteroatoms. The summed E-state index contributed by atoms with van der Waals surface area (Å²) in [7, 11) is 0. The van der Waals surface area contributed by atoms with Crippen molar-refractivity contribution < 1.29 is 9.59 Å². The largest absolute Gasteiger partial charge is 0.355 e. The molecule has 1 heterocycles. The highest BCUT2D eigenvalue weighted by atomic mass is 16.2. The molecule has 2 amide bonds. The zero-order valence-electron chi connectivity index (χ0n) is 12.3. The number of hydrogen-bond acceptors (Lipinski definition) is 3. The summed E-state index contributed by atoms with van der Waals surface area (Å²) < 4.78 is 0. The Bertz CT molecular complexity index is 575. The molecule has 1 fully saturated rings. The molecule has 110 valence electrons. The van der Waals surface area contributed by atoms with Gasteiger partial charge in [0.1, 0.15) is 0 Å². The van der Waals surface area contributed by atoms with E-state index in [1.54, 1.807) is 12.1 Å². The van der Waals surface area contributed by atoms with Gasteiger partial charge in [-0.3, -0.25) is 9.59 Å². The van der Waals surface area contributed by atoms with Crippen LogP contribution in [0.2, 0.25) is 0 Å². The SMILES string of the molecule is CC(C)(C#N)c1ccc(NC(=O)C2CCC(=O)NC2)cc1. The van der Waals surface area contributed by atoms with Gasteiger partial charge < -0.3 is 10.6 Å². The number of hydrogen-bond donors (Lipinski definition) is 2. The maximum absolute atomic E-state index is 12.1. The van der Waals surface area contributed by atoms with E-state index in [0.29, 0.717) is 25.1 Å². The van der Waals surface area contributed by atoms with Crippen LogP contribution in [-0.2, 0) is 15.0 Å². The third-order valence-electron chi connectivity index (χ3n) is 3.79. The van der Waals surface area contributed by atoms with Crippen LogP contribution < -0.4 is 10.6 Å². The zero-order chi connectivity index (χ0) is 15.5. The quantitative estimate of drug-likeness (QED) is 0.890. The van der Waals surface area contributed by atoms with Crippen LogP contribution in [0.25, 0.3) is 0 Å². The van der Waals surface area contributed by atoms with Gasteiger partial charge in [0, 0.05) is 18.7 Å². The van der Waals surface area contributed by atoms with Gasteiger partial charge in [-0.1, -0.05) is 12.1 Å². The van der Waals surface area contributed by atoms with E-state index in [1.165, 1.54) is 0 Å². The predicted molar refractivity (Wildman–Crippen MR) is 79.4 cm³/mol. The van der Waals surface area contributed by atoms with Crippen LogP contribution in [0, 0.1) is 17.2 Å². The zero-order valence-corrected chi connectivity index (χ0v) is 12.3. The predicted octanol–water partition coefficient (Wildman–Crippen LogP) is 1.95. The molecule has 21 heavy (non-hydrogen) atoms. The standard InChI is InChI=1S/C16H19N3O2/c1-16(2,10-17)12-4-6-13(7-5-12)19-15(21)11-3-8-14(20)18-9-11/h4-7,11H,3,8-9H2,1-2H3,(H,18,20)(H,19,21). The van der Waals surface area contributed by atoms with Crippen molar-refractivity contribution in [3.05, 3.63) is 29.8 Å². The fourth-order valence-electron chi connectivity index (χ4n) is 2.24. The second kappa shape index (κ2) is 5.96. The average Bonchev–Trinajstić information content (AvgIpc) is 2.48. The first kappa shape index (κ1) is 15.0. The summed E-state index contributed by atoms with van der Waals surface area (Å²) in [5.41, 5.74) is 1.07. The molecule has 5 nitrogen and oxygen atoms in total. The molecule has 1 aliphatic rings. The number of carbonyl (C=O) groups excluding carboxylic acids is 2. The minimum Gasteiger partial charge on any atom is -0.355 e. The van der Waals surface area contributed by atoms with Crippen LogP contribution in [0.3, 0.4) is 0 Å². The smallest absolute Gasteiger partial charge is 0.229 e. The van der Waals surface area contributed by atoms with E-state index in [1.807, 2.05) is 26.0 Å². The third-order valence-corrected chi connectivity index (χ3v) is 3.79. The van der Waals surface area contributed by atoms with Crippen molar-refractivity contribution in [1.29, 1.82) is 5.26 Å². The fraction of sp³-hybridized carbons (Fsp3) is 0.438. The highest BCUT2D eigenvalue weighted by molar-refractivity contribution is 5.94. The second-order valence-electron chi connectivity index (χ2n) is 5.84. The van der Waals surface area contributed by atoms with Crippen LogP contribution in [0.15, 0.2) is 24.3 Å². The van der Waals surface area contributed by atoms with Crippen molar-refractivity contribution in [2.45, 2.75) is 32.1 Å². The van der Waals surface area contributed by atoms with Crippen LogP contribution >= 0.6 is 0 Å². The van der Waals surface area contributed by atoms with E-state index in [9.17, 15) is 9.59 Å². The van der Waals surface area contributed by atoms with Crippen LogP contribution in [-0.4, -0.2) is 18.4 Å². The van der Waals surface area contributed by atoms with Gasteiger partial charge in [0.05, 0.1) is 17.4 Å². The Morgan fingerprint density at radius 2 is 2.05 bits per heavy atom. The average molecular weight is 285 g/mol. The number of rotatable bonds is 3. The van der Waals surface area contributed by atoms with Gasteiger partial charge in [0.15, 0.2) is 0 Å². The van der Waals surface area contributed by atoms with Gasteiger partial charge in [-0.05, 0) is 38.0 Å². The number of benzene rings is 1. The molecule has 1 aliphatic heterocycles. The molecule has 1 saturated heterocycles. The van der Waals surface area contributed by atoms with Crippen molar-refractivity contribution in [2.75, 3.05) is 11.9 Å². The van der Waals surface area contributed by atoms with Crippen LogP contribution in [0.4, 0.5) is 5.69 Å². The van der Waals surface area contributed by atoms with E-state index in [4.69, 9.17) is 5.26 Å². The van der Waals surface area contributed by atoms with Gasteiger partial charge in [-0.2, -0.15) is 5.26 Å². The number of amides is 2.